The first-order valence-electron chi connectivity index (χ1n) is 6.55. The van der Waals surface area contributed by atoms with E-state index in [1.807, 2.05) is 0 Å². The molecular weight excluding hydrogens is 282 g/mol. The normalized spacial score (nSPS) is 28.6. The maximum atomic E-state index is 11.0. The summed E-state index contributed by atoms with van der Waals surface area (Å²) >= 11 is 6.24. The quantitative estimate of drug-likeness (QED) is 0.471. The number of nitro benzene ring substituents is 1. The fraction of sp³-hybridized carbons (Fsp3) is 0.571. The Balaban J connectivity index is 2.19. The Labute approximate surface area is 123 Å². The number of ether oxygens (including phenoxy) is 2. The highest BCUT2D eigenvalue weighted by Crippen LogP contribution is 2.49. The molecule has 3 atom stereocenters. The lowest BCUT2D eigenvalue weighted by atomic mass is 9.65. The Morgan fingerprint density at radius 1 is 1.55 bits per heavy atom. The zero-order valence-electron chi connectivity index (χ0n) is 11.8. The molecule has 1 aromatic carbocycles. The van der Waals surface area contributed by atoms with Gasteiger partial charge in [0.15, 0.2) is 5.75 Å². The second-order valence-electron chi connectivity index (χ2n) is 5.26. The Morgan fingerprint density at radius 3 is 2.75 bits per heavy atom. The molecule has 0 aromatic heterocycles. The zero-order chi connectivity index (χ0) is 14.9. The van der Waals surface area contributed by atoms with Crippen LogP contribution in [0, 0.1) is 15.5 Å². The fourth-order valence-electron chi connectivity index (χ4n) is 2.45. The predicted octanol–water partition coefficient (Wildman–Crippen LogP) is 3.78. The van der Waals surface area contributed by atoms with E-state index in [0.29, 0.717) is 5.75 Å². The van der Waals surface area contributed by atoms with Crippen LogP contribution in [0.2, 0.25) is 0 Å². The molecule has 6 heteroatoms. The van der Waals surface area contributed by atoms with Crippen LogP contribution in [-0.4, -0.2) is 23.5 Å². The van der Waals surface area contributed by atoms with E-state index in [-0.39, 0.29) is 28.3 Å². The van der Waals surface area contributed by atoms with Crippen LogP contribution in [0.3, 0.4) is 0 Å². The van der Waals surface area contributed by atoms with Crippen molar-refractivity contribution >= 4 is 17.3 Å². The van der Waals surface area contributed by atoms with Crippen molar-refractivity contribution < 1.29 is 14.4 Å². The lowest BCUT2D eigenvalue weighted by Crippen LogP contribution is -2.55. The van der Waals surface area contributed by atoms with Gasteiger partial charge in [0, 0.05) is 17.2 Å². The van der Waals surface area contributed by atoms with E-state index in [9.17, 15) is 10.1 Å². The molecule has 0 heterocycles. The summed E-state index contributed by atoms with van der Waals surface area (Å²) in [5.41, 5.74) is -0.180. The van der Waals surface area contributed by atoms with Gasteiger partial charge in [0.1, 0.15) is 11.9 Å². The number of halogens is 1. The van der Waals surface area contributed by atoms with Gasteiger partial charge in [-0.05, 0) is 18.6 Å². The van der Waals surface area contributed by atoms with Crippen LogP contribution in [0.4, 0.5) is 5.69 Å². The Morgan fingerprint density at radius 2 is 2.25 bits per heavy atom. The number of methoxy groups -OCH3 is 1. The molecule has 0 spiro atoms. The van der Waals surface area contributed by atoms with Gasteiger partial charge in [-0.15, -0.1) is 11.6 Å². The molecule has 0 aliphatic heterocycles. The second-order valence-corrected chi connectivity index (χ2v) is 5.79. The van der Waals surface area contributed by atoms with E-state index in [2.05, 4.69) is 13.8 Å². The highest BCUT2D eigenvalue weighted by Gasteiger charge is 2.51. The minimum Gasteiger partial charge on any atom is -0.490 e. The molecule has 1 aliphatic carbocycles. The molecule has 1 saturated carbocycles. The average molecular weight is 300 g/mol. The van der Waals surface area contributed by atoms with Crippen molar-refractivity contribution in [2.24, 2.45) is 5.41 Å². The molecule has 0 amide bonds. The summed E-state index contributed by atoms with van der Waals surface area (Å²) in [5, 5.41) is 11.1. The molecule has 3 unspecified atom stereocenters. The smallest absolute Gasteiger partial charge is 0.314 e. The van der Waals surface area contributed by atoms with Crippen molar-refractivity contribution in [2.45, 2.75) is 38.2 Å². The molecule has 110 valence electrons. The molecule has 0 saturated heterocycles. The first-order valence-corrected chi connectivity index (χ1v) is 6.99. The first kappa shape index (κ1) is 14.9. The fourth-order valence-corrected chi connectivity index (χ4v) is 2.91. The van der Waals surface area contributed by atoms with Gasteiger partial charge in [-0.1, -0.05) is 13.8 Å². The zero-order valence-corrected chi connectivity index (χ0v) is 12.5. The van der Waals surface area contributed by atoms with Gasteiger partial charge in [0.05, 0.1) is 18.1 Å². The standard InChI is InChI=1S/C14H18ClNO4/c1-4-14(2)12(15)8-13(14)20-9-5-6-11(19-3)10(7-9)16(17)18/h5-7,12-13H,4,8H2,1-3H3. The number of hydrogen-bond acceptors (Lipinski definition) is 4. The van der Waals surface area contributed by atoms with Crippen LogP contribution >= 0.6 is 11.6 Å². The molecule has 2 rings (SSSR count). The lowest BCUT2D eigenvalue weighted by molar-refractivity contribution is -0.385. The maximum absolute atomic E-state index is 11.0. The number of nitro groups is 1. The van der Waals surface area contributed by atoms with Crippen LogP contribution < -0.4 is 9.47 Å². The summed E-state index contributed by atoms with van der Waals surface area (Å²) in [6.07, 6.45) is 1.65. The topological polar surface area (TPSA) is 61.6 Å². The van der Waals surface area contributed by atoms with E-state index in [1.54, 1.807) is 12.1 Å². The largest absolute Gasteiger partial charge is 0.490 e. The summed E-state index contributed by atoms with van der Waals surface area (Å²) < 4.78 is 10.8. The third kappa shape index (κ3) is 2.42. The van der Waals surface area contributed by atoms with Crippen LogP contribution in [0.25, 0.3) is 0 Å². The van der Waals surface area contributed by atoms with Crippen LogP contribution in [-0.2, 0) is 0 Å². The van der Waals surface area contributed by atoms with Crippen LogP contribution in [0.5, 0.6) is 11.5 Å². The summed E-state index contributed by atoms with van der Waals surface area (Å²) in [4.78, 5) is 10.5. The van der Waals surface area contributed by atoms with Crippen molar-refractivity contribution in [3.63, 3.8) is 0 Å². The van der Waals surface area contributed by atoms with Crippen molar-refractivity contribution in [2.75, 3.05) is 7.11 Å². The summed E-state index contributed by atoms with van der Waals surface area (Å²) in [6, 6.07) is 4.63. The molecule has 0 N–H and O–H groups in total. The molecular formula is C14H18ClNO4. The first-order chi connectivity index (χ1) is 9.42. The summed E-state index contributed by atoms with van der Waals surface area (Å²) in [5.74, 6) is 0.704. The van der Waals surface area contributed by atoms with Crippen LogP contribution in [0.1, 0.15) is 26.7 Å². The van der Waals surface area contributed by atoms with Gasteiger partial charge in [0.2, 0.25) is 0 Å². The molecule has 1 aromatic rings. The molecule has 0 bridgehead atoms. The third-order valence-corrected chi connectivity index (χ3v) is 4.94. The Kier molecular flexibility index (Phi) is 4.09. The summed E-state index contributed by atoms with van der Waals surface area (Å²) in [7, 11) is 1.40. The number of hydrogen-bond donors (Lipinski definition) is 0. The average Bonchev–Trinajstić information content (AvgIpc) is 2.45. The minimum absolute atomic E-state index is 0.0111. The van der Waals surface area contributed by atoms with Gasteiger partial charge in [0.25, 0.3) is 0 Å². The lowest BCUT2D eigenvalue weighted by Gasteiger charge is -2.50. The molecule has 1 fully saturated rings. The minimum atomic E-state index is -0.476. The van der Waals surface area contributed by atoms with E-state index in [1.165, 1.54) is 13.2 Å². The molecule has 0 radical (unpaired) electrons. The monoisotopic (exact) mass is 299 g/mol. The third-order valence-electron chi connectivity index (χ3n) is 4.26. The number of alkyl halides is 1. The van der Waals surface area contributed by atoms with Gasteiger partial charge >= 0.3 is 5.69 Å². The number of nitrogens with zero attached hydrogens (tertiary/aromatic N) is 1. The number of rotatable bonds is 5. The highest BCUT2D eigenvalue weighted by atomic mass is 35.5. The van der Waals surface area contributed by atoms with Gasteiger partial charge in [-0.25, -0.2) is 0 Å². The van der Waals surface area contributed by atoms with E-state index in [0.717, 1.165) is 12.8 Å². The van der Waals surface area contributed by atoms with Gasteiger partial charge < -0.3 is 9.47 Å². The van der Waals surface area contributed by atoms with Crippen LogP contribution in [0.15, 0.2) is 18.2 Å². The highest BCUT2D eigenvalue weighted by molar-refractivity contribution is 6.21. The van der Waals surface area contributed by atoms with Gasteiger partial charge in [-0.2, -0.15) is 0 Å². The molecule has 5 nitrogen and oxygen atoms in total. The van der Waals surface area contributed by atoms with E-state index < -0.39 is 4.92 Å². The second kappa shape index (κ2) is 5.48. The predicted molar refractivity (Wildman–Crippen MR) is 76.7 cm³/mol. The SMILES string of the molecule is CCC1(C)C(Cl)CC1Oc1ccc(OC)c([N+](=O)[O-])c1. The van der Waals surface area contributed by atoms with Crippen molar-refractivity contribution in [3.8, 4) is 11.5 Å². The van der Waals surface area contributed by atoms with Crippen molar-refractivity contribution in [1.29, 1.82) is 0 Å². The number of benzene rings is 1. The van der Waals surface area contributed by atoms with Gasteiger partial charge in [-0.3, -0.25) is 10.1 Å². The Hall–Kier alpha value is -1.49. The molecule has 1 aliphatic rings. The van der Waals surface area contributed by atoms with Crippen molar-refractivity contribution in [3.05, 3.63) is 28.3 Å². The Bertz CT molecular complexity index is 522. The van der Waals surface area contributed by atoms with Crippen molar-refractivity contribution in [1.82, 2.24) is 0 Å². The molecule has 20 heavy (non-hydrogen) atoms. The van der Waals surface area contributed by atoms with E-state index >= 15 is 0 Å². The maximum Gasteiger partial charge on any atom is 0.314 e. The van der Waals surface area contributed by atoms with E-state index in [4.69, 9.17) is 21.1 Å². The summed E-state index contributed by atoms with van der Waals surface area (Å²) in [6.45, 7) is 4.15.